The number of rotatable bonds is 3. The predicted octanol–water partition coefficient (Wildman–Crippen LogP) is 5.33. The maximum atomic E-state index is 12.2. The van der Waals surface area contributed by atoms with Gasteiger partial charge in [0.05, 0.1) is 0 Å². The van der Waals surface area contributed by atoms with Crippen LogP contribution in [-0.4, -0.2) is 29.7 Å². The van der Waals surface area contributed by atoms with E-state index in [1.54, 1.807) is 0 Å². The quantitative estimate of drug-likeness (QED) is 0.658. The summed E-state index contributed by atoms with van der Waals surface area (Å²) < 4.78 is 5.49. The predicted molar refractivity (Wildman–Crippen MR) is 95.4 cm³/mol. The average molecular weight is 319 g/mol. The summed E-state index contributed by atoms with van der Waals surface area (Å²) in [5, 5.41) is 0. The van der Waals surface area contributed by atoms with Crippen LogP contribution in [-0.2, 0) is 4.74 Å². The summed E-state index contributed by atoms with van der Waals surface area (Å²) in [5.74, 6) is 0.773. The minimum atomic E-state index is -0.405. The van der Waals surface area contributed by atoms with Crippen LogP contribution in [0.25, 0.3) is 0 Å². The zero-order chi connectivity index (χ0) is 17.1. The molecule has 1 heterocycles. The van der Waals surface area contributed by atoms with E-state index in [2.05, 4.69) is 13.2 Å². The summed E-state index contributed by atoms with van der Waals surface area (Å²) in [5.41, 5.74) is 1.23. The lowest BCUT2D eigenvalue weighted by molar-refractivity contribution is 0.00146. The SMILES string of the molecule is C=CC(=C)CC1CCC2(CC1)CCN(C(=O)OC(C)(C)C)CC2. The minimum Gasteiger partial charge on any atom is -0.444 e. The normalized spacial score (nSPS) is 22.0. The fraction of sp³-hybridized carbons (Fsp3) is 0.750. The summed E-state index contributed by atoms with van der Waals surface area (Å²) >= 11 is 0. The number of likely N-dealkylation sites (tertiary alicyclic amines) is 1. The summed E-state index contributed by atoms with van der Waals surface area (Å²) in [7, 11) is 0. The van der Waals surface area contributed by atoms with Gasteiger partial charge in [0, 0.05) is 13.1 Å². The molecule has 0 bridgehead atoms. The lowest BCUT2D eigenvalue weighted by atomic mass is 9.65. The summed E-state index contributed by atoms with van der Waals surface area (Å²) in [4.78, 5) is 14.1. The van der Waals surface area contributed by atoms with Crippen molar-refractivity contribution in [1.29, 1.82) is 0 Å². The molecule has 1 amide bonds. The summed E-state index contributed by atoms with van der Waals surface area (Å²) in [6.45, 7) is 15.3. The first-order chi connectivity index (χ1) is 10.7. The van der Waals surface area contributed by atoms with Crippen molar-refractivity contribution < 1.29 is 9.53 Å². The van der Waals surface area contributed by atoms with Crippen LogP contribution < -0.4 is 0 Å². The molecule has 0 atom stereocenters. The molecule has 1 saturated carbocycles. The molecule has 3 heteroatoms. The fourth-order valence-corrected chi connectivity index (χ4v) is 3.94. The highest BCUT2D eigenvalue weighted by Gasteiger charge is 2.39. The van der Waals surface area contributed by atoms with Crippen molar-refractivity contribution in [2.75, 3.05) is 13.1 Å². The number of amides is 1. The maximum Gasteiger partial charge on any atom is 0.410 e. The molecule has 0 aromatic carbocycles. The van der Waals surface area contributed by atoms with Crippen LogP contribution in [0.2, 0.25) is 0 Å². The second-order valence-electron chi connectivity index (χ2n) is 8.48. The zero-order valence-corrected chi connectivity index (χ0v) is 15.2. The molecule has 3 nitrogen and oxygen atoms in total. The maximum absolute atomic E-state index is 12.2. The van der Waals surface area contributed by atoms with Crippen LogP contribution in [0.5, 0.6) is 0 Å². The largest absolute Gasteiger partial charge is 0.444 e. The van der Waals surface area contributed by atoms with E-state index in [-0.39, 0.29) is 6.09 Å². The molecule has 130 valence electrons. The Morgan fingerprint density at radius 3 is 2.26 bits per heavy atom. The molecular weight excluding hydrogens is 286 g/mol. The second-order valence-corrected chi connectivity index (χ2v) is 8.48. The van der Waals surface area contributed by atoms with Crippen molar-refractivity contribution in [3.63, 3.8) is 0 Å². The van der Waals surface area contributed by atoms with E-state index >= 15 is 0 Å². The van der Waals surface area contributed by atoms with Gasteiger partial charge in [-0.05, 0) is 77.0 Å². The van der Waals surface area contributed by atoms with Crippen LogP contribution in [0.3, 0.4) is 0 Å². The standard InChI is InChI=1S/C20H33NO2/c1-6-16(2)15-17-7-9-20(10-8-17)11-13-21(14-12-20)18(22)23-19(3,4)5/h6,17H,1-2,7-15H2,3-5H3. The first-order valence-electron chi connectivity index (χ1n) is 9.01. The highest BCUT2D eigenvalue weighted by molar-refractivity contribution is 5.68. The number of carbonyl (C=O) groups excluding carboxylic acids is 1. The molecule has 2 fully saturated rings. The van der Waals surface area contributed by atoms with Crippen molar-refractivity contribution >= 4 is 6.09 Å². The topological polar surface area (TPSA) is 29.5 Å². The van der Waals surface area contributed by atoms with E-state index in [1.165, 1.54) is 31.3 Å². The van der Waals surface area contributed by atoms with E-state index in [1.807, 2.05) is 31.7 Å². The van der Waals surface area contributed by atoms with Gasteiger partial charge in [0.2, 0.25) is 0 Å². The highest BCUT2D eigenvalue weighted by atomic mass is 16.6. The minimum absolute atomic E-state index is 0.150. The molecule has 1 saturated heterocycles. The lowest BCUT2D eigenvalue weighted by Crippen LogP contribution is -2.46. The van der Waals surface area contributed by atoms with Gasteiger partial charge in [0.15, 0.2) is 0 Å². The molecule has 1 aliphatic heterocycles. The van der Waals surface area contributed by atoms with Crippen LogP contribution in [0, 0.1) is 11.3 Å². The molecule has 1 aliphatic carbocycles. The average Bonchev–Trinajstić information content (AvgIpc) is 2.48. The first-order valence-corrected chi connectivity index (χ1v) is 9.01. The second kappa shape index (κ2) is 7.11. The van der Waals surface area contributed by atoms with Crippen molar-refractivity contribution in [1.82, 2.24) is 4.90 Å². The summed E-state index contributed by atoms with van der Waals surface area (Å²) in [6.07, 6.45) is 10.3. The third-order valence-electron chi connectivity index (χ3n) is 5.48. The van der Waals surface area contributed by atoms with Gasteiger partial charge in [-0.25, -0.2) is 4.79 Å². The zero-order valence-electron chi connectivity index (χ0n) is 15.2. The van der Waals surface area contributed by atoms with Gasteiger partial charge >= 0.3 is 6.09 Å². The fourth-order valence-electron chi connectivity index (χ4n) is 3.94. The van der Waals surface area contributed by atoms with Crippen molar-refractivity contribution in [2.24, 2.45) is 11.3 Å². The number of nitrogens with zero attached hydrogens (tertiary/aromatic N) is 1. The smallest absolute Gasteiger partial charge is 0.410 e. The highest BCUT2D eigenvalue weighted by Crippen LogP contribution is 2.47. The van der Waals surface area contributed by atoms with Crippen molar-refractivity contribution in [3.8, 4) is 0 Å². The Bertz CT molecular complexity index is 443. The molecule has 0 aromatic heterocycles. The van der Waals surface area contributed by atoms with Gasteiger partial charge < -0.3 is 9.64 Å². The number of carbonyl (C=O) groups is 1. The van der Waals surface area contributed by atoms with Crippen molar-refractivity contribution in [3.05, 3.63) is 24.8 Å². The first kappa shape index (κ1) is 18.1. The van der Waals surface area contributed by atoms with E-state index in [0.717, 1.165) is 38.3 Å². The third-order valence-corrected chi connectivity index (χ3v) is 5.48. The molecular formula is C20H33NO2. The van der Waals surface area contributed by atoms with Crippen molar-refractivity contribution in [2.45, 2.75) is 71.3 Å². The Morgan fingerprint density at radius 2 is 1.78 bits per heavy atom. The van der Waals surface area contributed by atoms with Crippen LogP contribution in [0.15, 0.2) is 24.8 Å². The van der Waals surface area contributed by atoms with Crippen LogP contribution >= 0.6 is 0 Å². The number of ether oxygens (including phenoxy) is 1. The lowest BCUT2D eigenvalue weighted by Gasteiger charge is -2.46. The number of piperidine rings is 1. The van der Waals surface area contributed by atoms with E-state index in [0.29, 0.717) is 5.41 Å². The number of hydrogen-bond acceptors (Lipinski definition) is 2. The monoisotopic (exact) mass is 319 g/mol. The molecule has 0 unspecified atom stereocenters. The van der Waals surface area contributed by atoms with Crippen LogP contribution in [0.4, 0.5) is 4.79 Å². The molecule has 23 heavy (non-hydrogen) atoms. The van der Waals surface area contributed by atoms with E-state index in [4.69, 9.17) is 4.74 Å². The van der Waals surface area contributed by atoms with Gasteiger partial charge in [0.25, 0.3) is 0 Å². The van der Waals surface area contributed by atoms with Gasteiger partial charge in [-0.2, -0.15) is 0 Å². The Kier molecular flexibility index (Phi) is 5.59. The molecule has 0 N–H and O–H groups in total. The van der Waals surface area contributed by atoms with Gasteiger partial charge in [0.1, 0.15) is 5.60 Å². The van der Waals surface area contributed by atoms with Crippen LogP contribution in [0.1, 0.15) is 65.7 Å². The third kappa shape index (κ3) is 5.12. The Balaban J connectivity index is 1.79. The molecule has 1 spiro atoms. The summed E-state index contributed by atoms with van der Waals surface area (Å²) in [6, 6.07) is 0. The Hall–Kier alpha value is -1.25. The number of hydrogen-bond donors (Lipinski definition) is 0. The van der Waals surface area contributed by atoms with E-state index < -0.39 is 5.60 Å². The number of allylic oxidation sites excluding steroid dienone is 2. The van der Waals surface area contributed by atoms with E-state index in [9.17, 15) is 4.79 Å². The van der Waals surface area contributed by atoms with Gasteiger partial charge in [-0.3, -0.25) is 0 Å². The molecule has 2 rings (SSSR count). The van der Waals surface area contributed by atoms with Gasteiger partial charge in [-0.1, -0.05) is 24.8 Å². The Morgan fingerprint density at radius 1 is 1.22 bits per heavy atom. The van der Waals surface area contributed by atoms with Gasteiger partial charge in [-0.15, -0.1) is 0 Å². The Labute approximate surface area is 141 Å². The molecule has 0 radical (unpaired) electrons. The molecule has 2 aliphatic rings. The molecule has 0 aromatic rings.